The van der Waals surface area contributed by atoms with Gasteiger partial charge in [0.2, 0.25) is 0 Å². The van der Waals surface area contributed by atoms with E-state index in [1.54, 1.807) is 14.2 Å². The van der Waals surface area contributed by atoms with Crippen molar-refractivity contribution in [1.82, 2.24) is 14.8 Å². The Morgan fingerprint density at radius 1 is 1.35 bits per heavy atom. The predicted octanol–water partition coefficient (Wildman–Crippen LogP) is 0.688. The normalized spacial score (nSPS) is 14.9. The number of methoxy groups -OCH3 is 2. The van der Waals surface area contributed by atoms with E-state index < -0.39 is 5.60 Å². The molecule has 0 saturated carbocycles. The molecule has 17 heavy (non-hydrogen) atoms. The molecule has 1 aromatic heterocycles. The Bertz CT molecular complexity index is 348. The lowest BCUT2D eigenvalue weighted by atomic mass is 10.0. The molecule has 0 aliphatic carbocycles. The number of aliphatic hydroxyl groups is 1. The molecule has 1 aromatic rings. The van der Waals surface area contributed by atoms with Crippen molar-refractivity contribution in [2.24, 2.45) is 0 Å². The van der Waals surface area contributed by atoms with E-state index in [0.717, 1.165) is 12.2 Å². The Kier molecular flexibility index (Phi) is 5.04. The number of hydrogen-bond acceptors (Lipinski definition) is 5. The first-order chi connectivity index (χ1) is 8.12. The molecule has 0 radical (unpaired) electrons. The van der Waals surface area contributed by atoms with Gasteiger partial charge in [-0.1, -0.05) is 6.92 Å². The van der Waals surface area contributed by atoms with E-state index in [9.17, 15) is 5.11 Å². The highest BCUT2D eigenvalue weighted by Crippen LogP contribution is 2.27. The molecule has 0 fully saturated rings. The Balaban J connectivity index is 3.09. The number of rotatable bonds is 7. The van der Waals surface area contributed by atoms with Crippen LogP contribution in [0.5, 0.6) is 0 Å². The summed E-state index contributed by atoms with van der Waals surface area (Å²) in [6, 6.07) is 0. The molecule has 0 aliphatic rings. The van der Waals surface area contributed by atoms with Crippen LogP contribution in [0.4, 0.5) is 0 Å². The van der Waals surface area contributed by atoms with E-state index in [0.29, 0.717) is 19.0 Å². The Labute approximate surface area is 102 Å². The lowest BCUT2D eigenvalue weighted by Crippen LogP contribution is -2.29. The van der Waals surface area contributed by atoms with Crippen LogP contribution in [0, 0.1) is 0 Å². The zero-order valence-corrected chi connectivity index (χ0v) is 10.9. The van der Waals surface area contributed by atoms with Crippen molar-refractivity contribution in [2.45, 2.75) is 39.0 Å². The van der Waals surface area contributed by atoms with Gasteiger partial charge in [0.15, 0.2) is 11.6 Å². The zero-order valence-electron chi connectivity index (χ0n) is 10.9. The van der Waals surface area contributed by atoms with E-state index in [-0.39, 0.29) is 6.61 Å². The van der Waals surface area contributed by atoms with E-state index in [4.69, 9.17) is 9.47 Å². The summed E-state index contributed by atoms with van der Waals surface area (Å²) in [4.78, 5) is 0. The lowest BCUT2D eigenvalue weighted by molar-refractivity contribution is -0.0131. The standard InChI is InChI=1S/C11H21N3O3/c1-5-11(2,17-4)10-13-12-9(8-15)14(10)6-7-16-3/h15H,5-8H2,1-4H3. The van der Waals surface area contributed by atoms with Crippen LogP contribution < -0.4 is 0 Å². The number of ether oxygens (including phenoxy) is 2. The molecule has 6 heteroatoms. The molecule has 1 rings (SSSR count). The van der Waals surface area contributed by atoms with Gasteiger partial charge >= 0.3 is 0 Å². The van der Waals surface area contributed by atoms with Gasteiger partial charge in [-0.2, -0.15) is 0 Å². The van der Waals surface area contributed by atoms with Gasteiger partial charge in [-0.3, -0.25) is 0 Å². The summed E-state index contributed by atoms with van der Waals surface area (Å²) < 4.78 is 12.4. The van der Waals surface area contributed by atoms with Gasteiger partial charge in [0, 0.05) is 20.8 Å². The van der Waals surface area contributed by atoms with Crippen molar-refractivity contribution in [3.8, 4) is 0 Å². The van der Waals surface area contributed by atoms with Gasteiger partial charge in [0.1, 0.15) is 12.2 Å². The highest BCUT2D eigenvalue weighted by Gasteiger charge is 2.31. The molecule has 1 atom stereocenters. The SMILES string of the molecule is CCC(C)(OC)c1nnc(CO)n1CCOC. The Morgan fingerprint density at radius 2 is 2.06 bits per heavy atom. The average Bonchev–Trinajstić information content (AvgIpc) is 2.78. The topological polar surface area (TPSA) is 69.4 Å². The third-order valence-corrected chi connectivity index (χ3v) is 3.09. The summed E-state index contributed by atoms with van der Waals surface area (Å²) in [6.07, 6.45) is 0.778. The first-order valence-corrected chi connectivity index (χ1v) is 5.70. The third-order valence-electron chi connectivity index (χ3n) is 3.09. The molecule has 0 bridgehead atoms. The molecular weight excluding hydrogens is 222 g/mol. The largest absolute Gasteiger partial charge is 0.388 e. The molecule has 1 N–H and O–H groups in total. The van der Waals surface area contributed by atoms with Crippen molar-refractivity contribution in [3.63, 3.8) is 0 Å². The maximum atomic E-state index is 9.24. The predicted molar refractivity (Wildman–Crippen MR) is 62.5 cm³/mol. The van der Waals surface area contributed by atoms with Gasteiger partial charge < -0.3 is 19.1 Å². The summed E-state index contributed by atoms with van der Waals surface area (Å²) in [5.74, 6) is 1.26. The number of aromatic nitrogens is 3. The minimum absolute atomic E-state index is 0.139. The number of hydrogen-bond donors (Lipinski definition) is 1. The number of aliphatic hydroxyl groups excluding tert-OH is 1. The van der Waals surface area contributed by atoms with Gasteiger partial charge in [-0.15, -0.1) is 10.2 Å². The summed E-state index contributed by atoms with van der Waals surface area (Å²) in [5.41, 5.74) is -0.492. The molecule has 0 spiro atoms. The van der Waals surface area contributed by atoms with Crippen LogP contribution in [0.15, 0.2) is 0 Å². The molecule has 1 heterocycles. The van der Waals surface area contributed by atoms with E-state index in [1.807, 2.05) is 18.4 Å². The molecule has 98 valence electrons. The zero-order chi connectivity index (χ0) is 12.9. The highest BCUT2D eigenvalue weighted by molar-refractivity contribution is 5.05. The second kappa shape index (κ2) is 6.09. The van der Waals surface area contributed by atoms with Crippen molar-refractivity contribution in [2.75, 3.05) is 20.8 Å². The van der Waals surface area contributed by atoms with Gasteiger partial charge in [0.05, 0.1) is 6.61 Å². The molecule has 0 aliphatic heterocycles. The molecule has 0 saturated heterocycles. The minimum Gasteiger partial charge on any atom is -0.388 e. The Hall–Kier alpha value is -0.980. The van der Waals surface area contributed by atoms with E-state index in [2.05, 4.69) is 10.2 Å². The van der Waals surface area contributed by atoms with Crippen molar-refractivity contribution < 1.29 is 14.6 Å². The average molecular weight is 243 g/mol. The fourth-order valence-electron chi connectivity index (χ4n) is 1.65. The molecule has 0 amide bonds. The molecule has 0 aromatic carbocycles. The molecule has 1 unspecified atom stereocenters. The molecule has 6 nitrogen and oxygen atoms in total. The quantitative estimate of drug-likeness (QED) is 0.763. The van der Waals surface area contributed by atoms with Crippen molar-refractivity contribution in [1.29, 1.82) is 0 Å². The summed E-state index contributed by atoms with van der Waals surface area (Å²) in [6.45, 7) is 4.99. The van der Waals surface area contributed by atoms with Crippen molar-refractivity contribution >= 4 is 0 Å². The second-order valence-corrected chi connectivity index (χ2v) is 4.03. The smallest absolute Gasteiger partial charge is 0.165 e. The first-order valence-electron chi connectivity index (χ1n) is 5.70. The van der Waals surface area contributed by atoms with Crippen LogP contribution >= 0.6 is 0 Å². The summed E-state index contributed by atoms with van der Waals surface area (Å²) in [7, 11) is 3.29. The lowest BCUT2D eigenvalue weighted by Gasteiger charge is -2.26. The first kappa shape index (κ1) is 14.1. The highest BCUT2D eigenvalue weighted by atomic mass is 16.5. The Morgan fingerprint density at radius 3 is 2.53 bits per heavy atom. The van der Waals surface area contributed by atoms with Crippen LogP contribution in [0.1, 0.15) is 31.9 Å². The van der Waals surface area contributed by atoms with Gasteiger partial charge in [-0.25, -0.2) is 0 Å². The monoisotopic (exact) mass is 243 g/mol. The maximum Gasteiger partial charge on any atom is 0.165 e. The van der Waals surface area contributed by atoms with Crippen LogP contribution in [0.2, 0.25) is 0 Å². The van der Waals surface area contributed by atoms with E-state index in [1.165, 1.54) is 0 Å². The fraction of sp³-hybridized carbons (Fsp3) is 0.818. The fourth-order valence-corrected chi connectivity index (χ4v) is 1.65. The maximum absolute atomic E-state index is 9.24. The van der Waals surface area contributed by atoms with E-state index >= 15 is 0 Å². The van der Waals surface area contributed by atoms with Crippen LogP contribution in [-0.4, -0.2) is 40.7 Å². The number of nitrogens with zero attached hydrogens (tertiary/aromatic N) is 3. The third kappa shape index (κ3) is 2.83. The van der Waals surface area contributed by atoms with Crippen LogP contribution in [0.3, 0.4) is 0 Å². The minimum atomic E-state index is -0.492. The molecular formula is C11H21N3O3. The van der Waals surface area contributed by atoms with Gasteiger partial charge in [-0.05, 0) is 13.3 Å². The van der Waals surface area contributed by atoms with Crippen molar-refractivity contribution in [3.05, 3.63) is 11.6 Å². The second-order valence-electron chi connectivity index (χ2n) is 4.03. The van der Waals surface area contributed by atoms with Crippen LogP contribution in [-0.2, 0) is 28.2 Å². The summed E-state index contributed by atoms with van der Waals surface area (Å²) in [5, 5.41) is 17.3. The van der Waals surface area contributed by atoms with Gasteiger partial charge in [0.25, 0.3) is 0 Å². The van der Waals surface area contributed by atoms with Crippen LogP contribution in [0.25, 0.3) is 0 Å². The summed E-state index contributed by atoms with van der Waals surface area (Å²) >= 11 is 0.